The van der Waals surface area contributed by atoms with Gasteiger partial charge in [-0.25, -0.2) is 4.98 Å². The number of benzene rings is 1. The topological polar surface area (TPSA) is 38.1 Å². The minimum absolute atomic E-state index is 0.230. The molecule has 1 aromatic carbocycles. The summed E-state index contributed by atoms with van der Waals surface area (Å²) in [6.45, 7) is 3.62. The van der Waals surface area contributed by atoms with Gasteiger partial charge in [-0.15, -0.1) is 0 Å². The predicted molar refractivity (Wildman–Crippen MR) is 91.7 cm³/mol. The molecule has 0 saturated carbocycles. The lowest BCUT2D eigenvalue weighted by atomic mass is 10.1. The minimum atomic E-state index is 0.230. The van der Waals surface area contributed by atoms with Crippen LogP contribution in [0.25, 0.3) is 0 Å². The van der Waals surface area contributed by atoms with Gasteiger partial charge in [0.05, 0.1) is 5.69 Å². The lowest BCUT2D eigenvalue weighted by molar-refractivity contribution is -0.130. The van der Waals surface area contributed by atoms with Crippen molar-refractivity contribution in [1.29, 1.82) is 0 Å². The molecule has 3 rings (SSSR count). The number of likely N-dealkylation sites (tertiary alicyclic amines) is 1. The third kappa shape index (κ3) is 3.75. The number of nitrogens with zero attached hydrogens (tertiary/aromatic N) is 3. The molecule has 1 atom stereocenters. The highest BCUT2D eigenvalue weighted by molar-refractivity contribution is 6.30. The van der Waals surface area contributed by atoms with Crippen LogP contribution in [0.15, 0.2) is 30.5 Å². The molecule has 0 spiro atoms. The van der Waals surface area contributed by atoms with E-state index in [9.17, 15) is 4.79 Å². The van der Waals surface area contributed by atoms with E-state index in [0.29, 0.717) is 12.3 Å². The molecule has 1 aliphatic heterocycles. The smallest absolute Gasteiger partial charge is 0.222 e. The van der Waals surface area contributed by atoms with E-state index < -0.39 is 0 Å². The molecule has 1 saturated heterocycles. The third-order valence-corrected chi connectivity index (χ3v) is 4.73. The molecule has 4 nitrogen and oxygen atoms in total. The molecular formula is C18H22ClN3O. The number of imidazole rings is 1. The largest absolute Gasteiger partial charge is 0.342 e. The van der Waals surface area contributed by atoms with Gasteiger partial charge in [0.2, 0.25) is 5.91 Å². The van der Waals surface area contributed by atoms with E-state index in [-0.39, 0.29) is 5.91 Å². The Bertz CT molecular complexity index is 693. The van der Waals surface area contributed by atoms with Crippen molar-refractivity contribution < 1.29 is 4.79 Å². The lowest BCUT2D eigenvalue weighted by Crippen LogP contribution is -2.28. The average Bonchev–Trinajstić information content (AvgIpc) is 3.13. The molecule has 23 heavy (non-hydrogen) atoms. The van der Waals surface area contributed by atoms with Gasteiger partial charge in [0, 0.05) is 43.7 Å². The fourth-order valence-electron chi connectivity index (χ4n) is 3.27. The van der Waals surface area contributed by atoms with Crippen LogP contribution in [0.4, 0.5) is 0 Å². The van der Waals surface area contributed by atoms with Crippen LogP contribution >= 0.6 is 11.6 Å². The van der Waals surface area contributed by atoms with E-state index in [0.717, 1.165) is 48.0 Å². The highest BCUT2D eigenvalue weighted by Crippen LogP contribution is 2.27. The van der Waals surface area contributed by atoms with Crippen LogP contribution in [0.2, 0.25) is 5.02 Å². The lowest BCUT2D eigenvalue weighted by Gasteiger charge is -2.16. The fourth-order valence-corrected chi connectivity index (χ4v) is 3.40. The molecule has 0 unspecified atom stereocenters. The summed E-state index contributed by atoms with van der Waals surface area (Å²) < 4.78 is 2.09. The van der Waals surface area contributed by atoms with Gasteiger partial charge >= 0.3 is 0 Å². The highest BCUT2D eigenvalue weighted by atomic mass is 35.5. The van der Waals surface area contributed by atoms with Gasteiger partial charge in [-0.3, -0.25) is 4.79 Å². The predicted octanol–water partition coefficient (Wildman–Crippen LogP) is 3.33. The number of aryl methyl sites for hydroxylation is 3. The Hall–Kier alpha value is -1.81. The monoisotopic (exact) mass is 331 g/mol. The molecule has 0 radical (unpaired) electrons. The summed E-state index contributed by atoms with van der Waals surface area (Å²) in [6, 6.07) is 7.71. The second kappa shape index (κ2) is 6.75. The summed E-state index contributed by atoms with van der Waals surface area (Å²) in [6.07, 6.45) is 4.35. The number of rotatable bonds is 4. The number of amides is 1. The van der Waals surface area contributed by atoms with E-state index in [1.807, 2.05) is 49.3 Å². The van der Waals surface area contributed by atoms with Crippen LogP contribution in [-0.2, 0) is 18.3 Å². The third-order valence-electron chi connectivity index (χ3n) is 4.48. The second-order valence-electron chi connectivity index (χ2n) is 6.30. The summed E-state index contributed by atoms with van der Waals surface area (Å²) in [5.74, 6) is 1.68. The second-order valence-corrected chi connectivity index (χ2v) is 6.74. The van der Waals surface area contributed by atoms with Gasteiger partial charge in [0.15, 0.2) is 0 Å². The van der Waals surface area contributed by atoms with E-state index in [1.54, 1.807) is 0 Å². The Labute approximate surface area is 142 Å². The molecule has 2 aromatic rings. The van der Waals surface area contributed by atoms with Crippen molar-refractivity contribution in [3.05, 3.63) is 52.6 Å². The minimum Gasteiger partial charge on any atom is -0.342 e. The highest BCUT2D eigenvalue weighted by Gasteiger charge is 2.29. The summed E-state index contributed by atoms with van der Waals surface area (Å²) in [5.41, 5.74) is 2.19. The Morgan fingerprint density at radius 1 is 1.35 bits per heavy atom. The molecule has 5 heteroatoms. The first kappa shape index (κ1) is 16.1. The molecule has 2 heterocycles. The standard InChI is InChI=1S/C18H22ClN3O/c1-13-11-21(2)18(20-13)15-9-10-22(12-15)17(23)8-5-14-3-6-16(19)7-4-14/h3-4,6-7,11,15H,5,8-10,12H2,1-2H3/t15-/m0/s1. The van der Waals surface area contributed by atoms with Gasteiger partial charge in [0.25, 0.3) is 0 Å². The molecule has 1 fully saturated rings. The first-order valence-electron chi connectivity index (χ1n) is 8.05. The van der Waals surface area contributed by atoms with Crippen LogP contribution in [0.1, 0.15) is 35.8 Å². The van der Waals surface area contributed by atoms with Crippen molar-refractivity contribution in [3.8, 4) is 0 Å². The Balaban J connectivity index is 1.55. The van der Waals surface area contributed by atoms with Crippen molar-refractivity contribution in [1.82, 2.24) is 14.5 Å². The molecule has 1 aromatic heterocycles. The maximum atomic E-state index is 12.4. The van der Waals surface area contributed by atoms with Crippen LogP contribution in [-0.4, -0.2) is 33.4 Å². The molecule has 0 bridgehead atoms. The maximum absolute atomic E-state index is 12.4. The Kier molecular flexibility index (Phi) is 4.71. The summed E-state index contributed by atoms with van der Waals surface area (Å²) in [5, 5.41) is 0.729. The summed E-state index contributed by atoms with van der Waals surface area (Å²) >= 11 is 5.88. The quantitative estimate of drug-likeness (QED) is 0.862. The zero-order valence-electron chi connectivity index (χ0n) is 13.6. The van der Waals surface area contributed by atoms with Gasteiger partial charge in [-0.1, -0.05) is 23.7 Å². The van der Waals surface area contributed by atoms with E-state index in [2.05, 4.69) is 9.55 Å². The number of hydrogen-bond acceptors (Lipinski definition) is 2. The SMILES string of the molecule is Cc1cn(C)c([C@H]2CCN(C(=O)CCc3ccc(Cl)cc3)C2)n1. The molecular weight excluding hydrogens is 310 g/mol. The van der Waals surface area contributed by atoms with Crippen molar-refractivity contribution >= 4 is 17.5 Å². The van der Waals surface area contributed by atoms with Crippen LogP contribution < -0.4 is 0 Å². The van der Waals surface area contributed by atoms with E-state index in [1.165, 1.54) is 0 Å². The number of hydrogen-bond donors (Lipinski definition) is 0. The van der Waals surface area contributed by atoms with E-state index in [4.69, 9.17) is 11.6 Å². The Morgan fingerprint density at radius 2 is 2.09 bits per heavy atom. The van der Waals surface area contributed by atoms with Gasteiger partial charge < -0.3 is 9.47 Å². The molecule has 122 valence electrons. The van der Waals surface area contributed by atoms with Gasteiger partial charge in [0.1, 0.15) is 5.82 Å². The average molecular weight is 332 g/mol. The van der Waals surface area contributed by atoms with Crippen molar-refractivity contribution in [3.63, 3.8) is 0 Å². The van der Waals surface area contributed by atoms with Crippen molar-refractivity contribution in [2.24, 2.45) is 7.05 Å². The van der Waals surface area contributed by atoms with Gasteiger partial charge in [-0.05, 0) is 37.5 Å². The molecule has 1 amide bonds. The number of aromatic nitrogens is 2. The molecule has 0 N–H and O–H groups in total. The first-order chi connectivity index (χ1) is 11.0. The first-order valence-corrected chi connectivity index (χ1v) is 8.43. The van der Waals surface area contributed by atoms with Crippen molar-refractivity contribution in [2.75, 3.05) is 13.1 Å². The van der Waals surface area contributed by atoms with Crippen LogP contribution in [0.3, 0.4) is 0 Å². The Morgan fingerprint density at radius 3 is 2.74 bits per heavy atom. The van der Waals surface area contributed by atoms with E-state index >= 15 is 0 Å². The number of halogens is 1. The number of carbonyl (C=O) groups is 1. The van der Waals surface area contributed by atoms with Crippen molar-refractivity contribution in [2.45, 2.75) is 32.1 Å². The summed E-state index contributed by atoms with van der Waals surface area (Å²) in [7, 11) is 2.03. The maximum Gasteiger partial charge on any atom is 0.222 e. The summed E-state index contributed by atoms with van der Waals surface area (Å²) in [4.78, 5) is 19.0. The molecule has 0 aliphatic carbocycles. The van der Waals surface area contributed by atoms with Crippen LogP contribution in [0.5, 0.6) is 0 Å². The van der Waals surface area contributed by atoms with Crippen LogP contribution in [0, 0.1) is 6.92 Å². The van der Waals surface area contributed by atoms with Gasteiger partial charge in [-0.2, -0.15) is 0 Å². The molecule has 1 aliphatic rings. The zero-order valence-corrected chi connectivity index (χ0v) is 14.4. The zero-order chi connectivity index (χ0) is 16.4. The number of carbonyl (C=O) groups excluding carboxylic acids is 1. The normalized spacial score (nSPS) is 17.7. The fraction of sp³-hybridized carbons (Fsp3) is 0.444.